The first kappa shape index (κ1) is 15.6. The number of hydrogen-bond acceptors (Lipinski definition) is 3. The Bertz CT molecular complexity index is 766. The van der Waals surface area contributed by atoms with Crippen LogP contribution in [0, 0.1) is 0 Å². The van der Waals surface area contributed by atoms with Crippen molar-refractivity contribution in [1.29, 1.82) is 0 Å². The maximum Gasteiger partial charge on any atom is 0.264 e. The lowest BCUT2D eigenvalue weighted by Crippen LogP contribution is -2.15. The molecule has 0 radical (unpaired) electrons. The topological polar surface area (TPSA) is 72.2 Å². The van der Waals surface area contributed by atoms with Crippen LogP contribution in [0.1, 0.15) is 0 Å². The molecule has 0 aliphatic rings. The Labute approximate surface area is 138 Å². The molecule has 2 aromatic carbocycles. The minimum atomic E-state index is -3.81. The molecule has 0 fully saturated rings. The van der Waals surface area contributed by atoms with Crippen LogP contribution in [-0.4, -0.2) is 8.42 Å². The maximum absolute atomic E-state index is 12.3. The summed E-state index contributed by atoms with van der Waals surface area (Å²) in [7, 11) is -3.81. The van der Waals surface area contributed by atoms with Crippen molar-refractivity contribution in [2.45, 2.75) is 4.90 Å². The Morgan fingerprint density at radius 3 is 2.45 bits per heavy atom. The van der Waals surface area contributed by atoms with Gasteiger partial charge in [-0.25, -0.2) is 8.42 Å². The molecule has 2 aromatic rings. The SMILES string of the molecule is Nc1ccc(Cl)cc1S(=O)(=O)Nc1ccc(Br)cc1Br. The van der Waals surface area contributed by atoms with Gasteiger partial charge in [0.05, 0.1) is 11.4 Å². The van der Waals surface area contributed by atoms with Crippen LogP contribution in [0.2, 0.25) is 5.02 Å². The van der Waals surface area contributed by atoms with Gasteiger partial charge in [0.15, 0.2) is 0 Å². The van der Waals surface area contributed by atoms with Gasteiger partial charge in [0.25, 0.3) is 10.0 Å². The summed E-state index contributed by atoms with van der Waals surface area (Å²) >= 11 is 12.4. The fourth-order valence-electron chi connectivity index (χ4n) is 1.51. The first-order chi connectivity index (χ1) is 9.29. The van der Waals surface area contributed by atoms with E-state index in [4.69, 9.17) is 17.3 Å². The monoisotopic (exact) mass is 438 g/mol. The summed E-state index contributed by atoms with van der Waals surface area (Å²) in [5, 5.41) is 0.300. The van der Waals surface area contributed by atoms with Gasteiger partial charge in [-0.05, 0) is 52.3 Å². The molecule has 8 heteroatoms. The number of nitrogen functional groups attached to an aromatic ring is 1. The van der Waals surface area contributed by atoms with Crippen molar-refractivity contribution >= 4 is 64.9 Å². The van der Waals surface area contributed by atoms with E-state index in [0.717, 1.165) is 4.47 Å². The normalized spacial score (nSPS) is 11.3. The van der Waals surface area contributed by atoms with Crippen molar-refractivity contribution in [3.8, 4) is 0 Å². The van der Waals surface area contributed by atoms with E-state index in [2.05, 4.69) is 36.6 Å². The number of hydrogen-bond donors (Lipinski definition) is 2. The quantitative estimate of drug-likeness (QED) is 0.701. The van der Waals surface area contributed by atoms with Crippen molar-refractivity contribution in [3.63, 3.8) is 0 Å². The molecule has 0 amide bonds. The van der Waals surface area contributed by atoms with Crippen molar-refractivity contribution in [2.24, 2.45) is 0 Å². The van der Waals surface area contributed by atoms with E-state index in [0.29, 0.717) is 15.2 Å². The van der Waals surface area contributed by atoms with Crippen molar-refractivity contribution < 1.29 is 8.42 Å². The number of halogens is 3. The molecule has 0 heterocycles. The Morgan fingerprint density at radius 1 is 1.10 bits per heavy atom. The van der Waals surface area contributed by atoms with Crippen LogP contribution in [0.3, 0.4) is 0 Å². The number of anilines is 2. The summed E-state index contributed by atoms with van der Waals surface area (Å²) in [6.45, 7) is 0. The van der Waals surface area contributed by atoms with E-state index < -0.39 is 10.0 Å². The highest BCUT2D eigenvalue weighted by molar-refractivity contribution is 9.11. The highest BCUT2D eigenvalue weighted by Gasteiger charge is 2.19. The maximum atomic E-state index is 12.3. The Morgan fingerprint density at radius 2 is 1.80 bits per heavy atom. The van der Waals surface area contributed by atoms with E-state index in [1.807, 2.05) is 0 Å². The molecule has 0 saturated heterocycles. The molecular formula is C12H9Br2ClN2O2S. The molecule has 0 aliphatic carbocycles. The lowest BCUT2D eigenvalue weighted by molar-refractivity contribution is 0.601. The van der Waals surface area contributed by atoms with Crippen molar-refractivity contribution in [2.75, 3.05) is 10.5 Å². The third kappa shape index (κ3) is 3.46. The van der Waals surface area contributed by atoms with Gasteiger partial charge < -0.3 is 5.73 Å². The minimum absolute atomic E-state index is 0.0557. The predicted molar refractivity (Wildman–Crippen MR) is 88.5 cm³/mol. The smallest absolute Gasteiger partial charge is 0.264 e. The first-order valence-corrected chi connectivity index (χ1v) is 8.77. The van der Waals surface area contributed by atoms with Crippen LogP contribution in [-0.2, 0) is 10.0 Å². The van der Waals surface area contributed by atoms with Gasteiger partial charge in [-0.15, -0.1) is 0 Å². The highest BCUT2D eigenvalue weighted by atomic mass is 79.9. The van der Waals surface area contributed by atoms with E-state index >= 15 is 0 Å². The van der Waals surface area contributed by atoms with E-state index in [-0.39, 0.29) is 10.6 Å². The standard InChI is InChI=1S/C12H9Br2ClN2O2S/c13-7-1-4-11(9(14)5-7)17-20(18,19)12-6-8(15)2-3-10(12)16/h1-6,17H,16H2. The molecule has 0 saturated carbocycles. The zero-order valence-corrected chi connectivity index (χ0v) is 14.6. The molecule has 0 aliphatic heterocycles. The molecule has 0 unspecified atom stereocenters. The lowest BCUT2D eigenvalue weighted by Gasteiger charge is -2.12. The minimum Gasteiger partial charge on any atom is -0.398 e. The number of nitrogens with one attached hydrogen (secondary N) is 1. The van der Waals surface area contributed by atoms with Crippen LogP contribution in [0.4, 0.5) is 11.4 Å². The fourth-order valence-corrected chi connectivity index (χ4v) is 4.27. The Kier molecular flexibility index (Phi) is 4.63. The lowest BCUT2D eigenvalue weighted by atomic mass is 10.3. The van der Waals surface area contributed by atoms with Gasteiger partial charge in [0.2, 0.25) is 0 Å². The number of sulfonamides is 1. The van der Waals surface area contributed by atoms with Gasteiger partial charge in [0.1, 0.15) is 4.90 Å². The van der Waals surface area contributed by atoms with Gasteiger partial charge >= 0.3 is 0 Å². The van der Waals surface area contributed by atoms with Gasteiger partial charge in [-0.2, -0.15) is 0 Å². The number of rotatable bonds is 3. The van der Waals surface area contributed by atoms with Crippen molar-refractivity contribution in [3.05, 3.63) is 50.4 Å². The number of nitrogens with two attached hydrogens (primary N) is 1. The third-order valence-corrected chi connectivity index (χ3v) is 5.25. The second-order valence-corrected chi connectivity index (χ2v) is 7.77. The molecule has 3 N–H and O–H groups in total. The molecule has 0 aromatic heterocycles. The summed E-state index contributed by atoms with van der Waals surface area (Å²) in [4.78, 5) is -0.0557. The summed E-state index contributed by atoms with van der Waals surface area (Å²) in [6, 6.07) is 9.39. The molecule has 0 spiro atoms. The highest BCUT2D eigenvalue weighted by Crippen LogP contribution is 2.30. The van der Waals surface area contributed by atoms with Crippen LogP contribution >= 0.6 is 43.5 Å². The summed E-state index contributed by atoms with van der Waals surface area (Å²) in [5.74, 6) is 0. The molecule has 20 heavy (non-hydrogen) atoms. The summed E-state index contributed by atoms with van der Waals surface area (Å²) < 4.78 is 28.6. The van der Waals surface area contributed by atoms with Crippen LogP contribution < -0.4 is 10.5 Å². The second kappa shape index (κ2) is 5.93. The molecule has 0 bridgehead atoms. The van der Waals surface area contributed by atoms with Crippen LogP contribution in [0.5, 0.6) is 0 Å². The molecule has 2 rings (SSSR count). The largest absolute Gasteiger partial charge is 0.398 e. The number of benzene rings is 2. The Hall–Kier alpha value is -0.760. The van der Waals surface area contributed by atoms with Crippen LogP contribution in [0.25, 0.3) is 0 Å². The van der Waals surface area contributed by atoms with E-state index in [1.165, 1.54) is 18.2 Å². The zero-order chi connectivity index (χ0) is 14.9. The molecule has 4 nitrogen and oxygen atoms in total. The first-order valence-electron chi connectivity index (χ1n) is 5.32. The molecular weight excluding hydrogens is 431 g/mol. The zero-order valence-electron chi connectivity index (χ0n) is 9.90. The van der Waals surface area contributed by atoms with E-state index in [1.54, 1.807) is 18.2 Å². The Balaban J connectivity index is 2.43. The average molecular weight is 441 g/mol. The van der Waals surface area contributed by atoms with Gasteiger partial charge in [-0.1, -0.05) is 27.5 Å². The van der Waals surface area contributed by atoms with E-state index in [9.17, 15) is 8.42 Å². The molecule has 106 valence electrons. The third-order valence-electron chi connectivity index (χ3n) is 2.44. The van der Waals surface area contributed by atoms with Gasteiger partial charge in [-0.3, -0.25) is 4.72 Å². The fraction of sp³-hybridized carbons (Fsp3) is 0. The van der Waals surface area contributed by atoms with Gasteiger partial charge in [0, 0.05) is 14.0 Å². The molecule has 0 atom stereocenters. The average Bonchev–Trinajstić information content (AvgIpc) is 2.35. The summed E-state index contributed by atoms with van der Waals surface area (Å²) in [6.07, 6.45) is 0. The predicted octanol–water partition coefficient (Wildman–Crippen LogP) is 4.25. The van der Waals surface area contributed by atoms with Crippen LogP contribution in [0.15, 0.2) is 50.2 Å². The summed E-state index contributed by atoms with van der Waals surface area (Å²) in [5.41, 5.74) is 6.24. The second-order valence-electron chi connectivity index (χ2n) is 3.91. The van der Waals surface area contributed by atoms with Crippen molar-refractivity contribution in [1.82, 2.24) is 0 Å².